The summed E-state index contributed by atoms with van der Waals surface area (Å²) in [6, 6.07) is 0. The molecule has 0 heteroatoms. The van der Waals surface area contributed by atoms with E-state index in [9.17, 15) is 0 Å². The molecule has 0 saturated heterocycles. The molecule has 0 bridgehead atoms. The normalized spacial score (nSPS) is 11.5. The van der Waals surface area contributed by atoms with Crippen LogP contribution < -0.4 is 0 Å². The molecule has 0 N–H and O–H groups in total. The van der Waals surface area contributed by atoms with Crippen LogP contribution in [0.3, 0.4) is 0 Å². The minimum absolute atomic E-state index is 1.04. The lowest BCUT2D eigenvalue weighted by Gasteiger charge is -2.02. The molecule has 0 aromatic heterocycles. The van der Waals surface area contributed by atoms with Crippen LogP contribution in [0.25, 0.3) is 0 Å². The SMILES string of the molecule is [CH2]CCC=CCCCCCCCCCCCCCCCC. The summed E-state index contributed by atoms with van der Waals surface area (Å²) >= 11 is 0. The van der Waals surface area contributed by atoms with Gasteiger partial charge < -0.3 is 0 Å². The van der Waals surface area contributed by atoms with E-state index < -0.39 is 0 Å². The molecular formula is C21H41. The molecular weight excluding hydrogens is 252 g/mol. The van der Waals surface area contributed by atoms with E-state index in [4.69, 9.17) is 0 Å². The molecule has 0 spiro atoms. The van der Waals surface area contributed by atoms with Crippen LogP contribution in [0.15, 0.2) is 12.2 Å². The van der Waals surface area contributed by atoms with Crippen LogP contribution in [0, 0.1) is 6.92 Å². The quantitative estimate of drug-likeness (QED) is 0.188. The van der Waals surface area contributed by atoms with Gasteiger partial charge in [-0.15, -0.1) is 0 Å². The zero-order valence-corrected chi connectivity index (χ0v) is 14.9. The highest BCUT2D eigenvalue weighted by Gasteiger charge is 1.93. The third-order valence-electron chi connectivity index (χ3n) is 4.26. The summed E-state index contributed by atoms with van der Waals surface area (Å²) < 4.78 is 0. The van der Waals surface area contributed by atoms with Crippen LogP contribution in [0.4, 0.5) is 0 Å². The maximum atomic E-state index is 3.85. The second-order valence-electron chi connectivity index (χ2n) is 6.50. The molecule has 0 aromatic carbocycles. The molecule has 0 rings (SSSR count). The van der Waals surface area contributed by atoms with E-state index in [-0.39, 0.29) is 0 Å². The molecule has 0 aromatic rings. The summed E-state index contributed by atoms with van der Waals surface area (Å²) in [5.74, 6) is 0. The van der Waals surface area contributed by atoms with Gasteiger partial charge in [-0.3, -0.25) is 0 Å². The molecule has 0 aliphatic rings. The van der Waals surface area contributed by atoms with E-state index in [1.807, 2.05) is 0 Å². The highest BCUT2D eigenvalue weighted by Crippen LogP contribution is 2.13. The molecule has 0 fully saturated rings. The minimum Gasteiger partial charge on any atom is -0.0885 e. The summed E-state index contributed by atoms with van der Waals surface area (Å²) in [7, 11) is 0. The summed E-state index contributed by atoms with van der Waals surface area (Å²) in [5, 5.41) is 0. The number of rotatable bonds is 17. The first-order valence-corrected chi connectivity index (χ1v) is 9.86. The number of hydrogen-bond donors (Lipinski definition) is 0. The van der Waals surface area contributed by atoms with Crippen LogP contribution in [-0.4, -0.2) is 0 Å². The second kappa shape index (κ2) is 19.7. The molecule has 0 aliphatic carbocycles. The van der Waals surface area contributed by atoms with E-state index >= 15 is 0 Å². The lowest BCUT2D eigenvalue weighted by molar-refractivity contribution is 0.536. The van der Waals surface area contributed by atoms with Gasteiger partial charge in [0, 0.05) is 0 Å². The Morgan fingerprint density at radius 3 is 1.33 bits per heavy atom. The fourth-order valence-corrected chi connectivity index (χ4v) is 2.81. The van der Waals surface area contributed by atoms with Gasteiger partial charge >= 0.3 is 0 Å². The second-order valence-corrected chi connectivity index (χ2v) is 6.50. The Morgan fingerprint density at radius 1 is 0.524 bits per heavy atom. The summed E-state index contributed by atoms with van der Waals surface area (Å²) in [6.45, 7) is 6.14. The number of unbranched alkanes of at least 4 members (excludes halogenated alkanes) is 15. The summed E-state index contributed by atoms with van der Waals surface area (Å²) in [4.78, 5) is 0. The molecule has 1 radical (unpaired) electrons. The molecule has 0 heterocycles. The minimum atomic E-state index is 1.04. The maximum absolute atomic E-state index is 3.85. The lowest BCUT2D eigenvalue weighted by Crippen LogP contribution is -1.83. The van der Waals surface area contributed by atoms with Crippen molar-refractivity contribution in [2.75, 3.05) is 0 Å². The van der Waals surface area contributed by atoms with Crippen LogP contribution in [0.2, 0.25) is 0 Å². The van der Waals surface area contributed by atoms with Gasteiger partial charge in [-0.25, -0.2) is 0 Å². The average Bonchev–Trinajstić information content (AvgIpc) is 2.50. The maximum Gasteiger partial charge on any atom is -0.0351 e. The Labute approximate surface area is 135 Å². The third-order valence-corrected chi connectivity index (χ3v) is 4.26. The fraction of sp³-hybridized carbons (Fsp3) is 0.857. The fourth-order valence-electron chi connectivity index (χ4n) is 2.81. The Kier molecular flexibility index (Phi) is 19.5. The molecule has 0 saturated carbocycles. The van der Waals surface area contributed by atoms with Crippen molar-refractivity contribution in [3.05, 3.63) is 19.1 Å². The summed E-state index contributed by atoms with van der Waals surface area (Å²) in [5.41, 5.74) is 0. The van der Waals surface area contributed by atoms with Crippen LogP contribution >= 0.6 is 0 Å². The van der Waals surface area contributed by atoms with Gasteiger partial charge in [-0.05, 0) is 25.7 Å². The van der Waals surface area contributed by atoms with Gasteiger partial charge in [-0.2, -0.15) is 0 Å². The van der Waals surface area contributed by atoms with Crippen molar-refractivity contribution in [2.45, 2.75) is 116 Å². The van der Waals surface area contributed by atoms with Crippen molar-refractivity contribution in [1.82, 2.24) is 0 Å². The van der Waals surface area contributed by atoms with Crippen molar-refractivity contribution >= 4 is 0 Å². The van der Waals surface area contributed by atoms with Gasteiger partial charge in [0.25, 0.3) is 0 Å². The highest BCUT2D eigenvalue weighted by molar-refractivity contribution is 4.81. The topological polar surface area (TPSA) is 0 Å². The highest BCUT2D eigenvalue weighted by atomic mass is 14.0. The Morgan fingerprint density at radius 2 is 0.905 bits per heavy atom. The number of hydrogen-bond acceptors (Lipinski definition) is 0. The Hall–Kier alpha value is -0.260. The zero-order valence-electron chi connectivity index (χ0n) is 14.9. The van der Waals surface area contributed by atoms with E-state index in [0.717, 1.165) is 12.8 Å². The first-order chi connectivity index (χ1) is 10.4. The number of allylic oxidation sites excluding steroid dienone is 2. The van der Waals surface area contributed by atoms with Gasteiger partial charge in [0.15, 0.2) is 0 Å². The van der Waals surface area contributed by atoms with Crippen molar-refractivity contribution in [3.8, 4) is 0 Å². The predicted molar refractivity (Wildman–Crippen MR) is 98.7 cm³/mol. The van der Waals surface area contributed by atoms with Crippen LogP contribution in [0.1, 0.15) is 116 Å². The van der Waals surface area contributed by atoms with Gasteiger partial charge in [-0.1, -0.05) is 109 Å². The smallest absolute Gasteiger partial charge is 0.0351 e. The Balaban J connectivity index is 2.96. The standard InChI is InChI=1S/C21H41/c1-3-5-7-9-11-13-15-17-19-21-20-18-16-14-12-10-8-6-4-2/h7,9H,1,3-6,8,10-21H2,2H3. The van der Waals surface area contributed by atoms with Crippen molar-refractivity contribution in [3.63, 3.8) is 0 Å². The van der Waals surface area contributed by atoms with Crippen molar-refractivity contribution < 1.29 is 0 Å². The molecule has 0 nitrogen and oxygen atoms in total. The monoisotopic (exact) mass is 293 g/mol. The largest absolute Gasteiger partial charge is 0.0885 e. The molecule has 125 valence electrons. The molecule has 21 heavy (non-hydrogen) atoms. The van der Waals surface area contributed by atoms with Crippen LogP contribution in [-0.2, 0) is 0 Å². The third kappa shape index (κ3) is 19.7. The summed E-state index contributed by atoms with van der Waals surface area (Å²) in [6.07, 6.45) is 28.4. The van der Waals surface area contributed by atoms with E-state index in [2.05, 4.69) is 26.0 Å². The first-order valence-electron chi connectivity index (χ1n) is 9.86. The van der Waals surface area contributed by atoms with E-state index in [0.29, 0.717) is 0 Å². The molecule has 0 unspecified atom stereocenters. The molecule has 0 atom stereocenters. The van der Waals surface area contributed by atoms with E-state index in [1.54, 1.807) is 0 Å². The van der Waals surface area contributed by atoms with Gasteiger partial charge in [0.05, 0.1) is 0 Å². The van der Waals surface area contributed by atoms with Gasteiger partial charge in [0.1, 0.15) is 0 Å². The van der Waals surface area contributed by atoms with Crippen molar-refractivity contribution in [2.24, 2.45) is 0 Å². The Bertz CT molecular complexity index is 192. The lowest BCUT2D eigenvalue weighted by atomic mass is 10.0. The molecule has 0 aliphatic heterocycles. The van der Waals surface area contributed by atoms with Crippen molar-refractivity contribution in [1.29, 1.82) is 0 Å². The van der Waals surface area contributed by atoms with Crippen LogP contribution in [0.5, 0.6) is 0 Å². The predicted octanol–water partition coefficient (Wildman–Crippen LogP) is 8.03. The van der Waals surface area contributed by atoms with E-state index in [1.165, 1.54) is 96.3 Å². The molecule has 0 amide bonds. The average molecular weight is 294 g/mol. The van der Waals surface area contributed by atoms with Gasteiger partial charge in [0.2, 0.25) is 0 Å². The first kappa shape index (κ1) is 20.7. The zero-order chi connectivity index (χ0) is 15.4.